The van der Waals surface area contributed by atoms with Gasteiger partial charge in [0.05, 0.1) is 18.8 Å². The molecule has 1 radical (unpaired) electrons. The van der Waals surface area contributed by atoms with Gasteiger partial charge in [0.1, 0.15) is 5.84 Å². The predicted molar refractivity (Wildman–Crippen MR) is 63.3 cm³/mol. The van der Waals surface area contributed by atoms with Crippen molar-refractivity contribution in [2.75, 3.05) is 13.2 Å². The second-order valence-corrected chi connectivity index (χ2v) is 4.24. The molecule has 0 bridgehead atoms. The summed E-state index contributed by atoms with van der Waals surface area (Å²) in [5, 5.41) is 4.24. The zero-order valence-corrected chi connectivity index (χ0v) is 9.81. The molecule has 3 N–H and O–H groups in total. The van der Waals surface area contributed by atoms with E-state index in [-0.39, 0.29) is 0 Å². The van der Waals surface area contributed by atoms with Crippen LogP contribution in [0.4, 0.5) is 0 Å². The molecule has 0 amide bonds. The lowest BCUT2D eigenvalue weighted by Gasteiger charge is -2.39. The minimum Gasteiger partial charge on any atom is -0.374 e. The van der Waals surface area contributed by atoms with E-state index in [9.17, 15) is 0 Å². The third-order valence-electron chi connectivity index (χ3n) is 2.97. The molecule has 0 aliphatic carbocycles. The van der Waals surface area contributed by atoms with Crippen molar-refractivity contribution in [3.05, 3.63) is 18.3 Å². The maximum absolute atomic E-state index is 5.71. The van der Waals surface area contributed by atoms with Gasteiger partial charge in [-0.3, -0.25) is 5.43 Å². The minimum atomic E-state index is 0.301. The SMILES string of the molecule is CCC1CN(C2=NN[C](N)C=C2)C(C)CO1. The van der Waals surface area contributed by atoms with Crippen LogP contribution in [0.3, 0.4) is 0 Å². The average Bonchev–Trinajstić information content (AvgIpc) is 2.31. The molecule has 2 rings (SSSR count). The first-order valence-electron chi connectivity index (χ1n) is 5.73. The first-order chi connectivity index (χ1) is 7.70. The number of amidine groups is 1. The second-order valence-electron chi connectivity index (χ2n) is 4.24. The number of hydrogen-bond acceptors (Lipinski definition) is 5. The van der Waals surface area contributed by atoms with Crippen molar-refractivity contribution in [1.82, 2.24) is 10.3 Å². The molecule has 5 heteroatoms. The van der Waals surface area contributed by atoms with E-state index in [4.69, 9.17) is 10.5 Å². The van der Waals surface area contributed by atoms with E-state index in [1.54, 1.807) is 0 Å². The average molecular weight is 223 g/mol. The maximum atomic E-state index is 5.71. The molecule has 0 aromatic heterocycles. The molecule has 2 unspecified atom stereocenters. The molecular formula is C11H19N4O. The van der Waals surface area contributed by atoms with Gasteiger partial charge in [0.2, 0.25) is 0 Å². The van der Waals surface area contributed by atoms with E-state index in [1.165, 1.54) is 0 Å². The highest BCUT2D eigenvalue weighted by Gasteiger charge is 2.27. The van der Waals surface area contributed by atoms with Crippen molar-refractivity contribution in [1.29, 1.82) is 0 Å². The van der Waals surface area contributed by atoms with Crippen LogP contribution in [-0.4, -0.2) is 36.0 Å². The molecule has 89 valence electrons. The molecule has 2 atom stereocenters. The quantitative estimate of drug-likeness (QED) is 0.675. The molecule has 1 fully saturated rings. The predicted octanol–water partition coefficient (Wildman–Crippen LogP) is 0.407. The third-order valence-corrected chi connectivity index (χ3v) is 2.97. The summed E-state index contributed by atoms with van der Waals surface area (Å²) in [7, 11) is 0. The van der Waals surface area contributed by atoms with E-state index >= 15 is 0 Å². The highest BCUT2D eigenvalue weighted by Crippen LogP contribution is 2.16. The zero-order valence-electron chi connectivity index (χ0n) is 9.81. The van der Waals surface area contributed by atoms with Crippen LogP contribution in [0.2, 0.25) is 0 Å². The van der Waals surface area contributed by atoms with Crippen LogP contribution in [0.5, 0.6) is 0 Å². The van der Waals surface area contributed by atoms with Crippen molar-refractivity contribution >= 4 is 5.84 Å². The van der Waals surface area contributed by atoms with Crippen molar-refractivity contribution in [2.45, 2.75) is 32.4 Å². The van der Waals surface area contributed by atoms with Gasteiger partial charge in [-0.2, -0.15) is 5.10 Å². The van der Waals surface area contributed by atoms with E-state index < -0.39 is 0 Å². The van der Waals surface area contributed by atoms with Gasteiger partial charge in [-0.25, -0.2) is 0 Å². The first-order valence-corrected chi connectivity index (χ1v) is 5.73. The second kappa shape index (κ2) is 4.84. The van der Waals surface area contributed by atoms with E-state index in [0.717, 1.165) is 25.4 Å². The lowest BCUT2D eigenvalue weighted by Crippen LogP contribution is -2.51. The van der Waals surface area contributed by atoms with Gasteiger partial charge in [-0.05, 0) is 25.5 Å². The van der Waals surface area contributed by atoms with Crippen LogP contribution in [-0.2, 0) is 4.74 Å². The number of hydrazone groups is 1. The Morgan fingerprint density at radius 3 is 3.06 bits per heavy atom. The fraction of sp³-hybridized carbons (Fsp3) is 0.636. The Morgan fingerprint density at radius 2 is 2.44 bits per heavy atom. The number of ether oxygens (including phenoxy) is 1. The number of rotatable bonds is 1. The van der Waals surface area contributed by atoms with Crippen molar-refractivity contribution in [2.24, 2.45) is 10.8 Å². The zero-order chi connectivity index (χ0) is 11.5. The number of nitrogens with zero attached hydrogens (tertiary/aromatic N) is 2. The van der Waals surface area contributed by atoms with Crippen LogP contribution < -0.4 is 11.2 Å². The lowest BCUT2D eigenvalue weighted by atomic mass is 10.1. The highest BCUT2D eigenvalue weighted by molar-refractivity contribution is 5.94. The third kappa shape index (κ3) is 2.36. The van der Waals surface area contributed by atoms with Gasteiger partial charge in [0.15, 0.2) is 6.17 Å². The largest absolute Gasteiger partial charge is 0.374 e. The summed E-state index contributed by atoms with van der Waals surface area (Å²) < 4.78 is 5.71. The molecule has 0 spiro atoms. The van der Waals surface area contributed by atoms with E-state index in [1.807, 2.05) is 12.2 Å². The smallest absolute Gasteiger partial charge is 0.163 e. The Balaban J connectivity index is 2.04. The lowest BCUT2D eigenvalue weighted by molar-refractivity contribution is -0.0334. The Hall–Kier alpha value is -1.07. The molecule has 0 aromatic rings. The molecule has 2 aliphatic heterocycles. The van der Waals surface area contributed by atoms with Crippen molar-refractivity contribution in [3.63, 3.8) is 0 Å². The highest BCUT2D eigenvalue weighted by atomic mass is 16.5. The van der Waals surface area contributed by atoms with E-state index in [0.29, 0.717) is 18.3 Å². The van der Waals surface area contributed by atoms with Crippen molar-refractivity contribution < 1.29 is 4.74 Å². The van der Waals surface area contributed by atoms with Gasteiger partial charge in [-0.15, -0.1) is 0 Å². The Labute approximate surface area is 96.3 Å². The van der Waals surface area contributed by atoms with Crippen molar-refractivity contribution in [3.8, 4) is 0 Å². The Bertz CT molecular complexity index is 302. The minimum absolute atomic E-state index is 0.301. The summed E-state index contributed by atoms with van der Waals surface area (Å²) in [5.41, 5.74) is 8.38. The number of morpholine rings is 1. The first kappa shape index (κ1) is 11.4. The van der Waals surface area contributed by atoms with Gasteiger partial charge >= 0.3 is 0 Å². The maximum Gasteiger partial charge on any atom is 0.163 e. The topological polar surface area (TPSA) is 62.9 Å². The Morgan fingerprint density at radius 1 is 1.62 bits per heavy atom. The molecule has 5 nitrogen and oxygen atoms in total. The summed E-state index contributed by atoms with van der Waals surface area (Å²) >= 11 is 0. The molecule has 2 heterocycles. The fourth-order valence-electron chi connectivity index (χ4n) is 1.90. The van der Waals surface area contributed by atoms with Crippen LogP contribution in [0.25, 0.3) is 0 Å². The Kier molecular flexibility index (Phi) is 3.46. The molecular weight excluding hydrogens is 204 g/mol. The molecule has 0 saturated carbocycles. The van der Waals surface area contributed by atoms with Gasteiger partial charge < -0.3 is 15.4 Å². The van der Waals surface area contributed by atoms with Crippen LogP contribution in [0.15, 0.2) is 17.3 Å². The molecule has 16 heavy (non-hydrogen) atoms. The van der Waals surface area contributed by atoms with Gasteiger partial charge in [0.25, 0.3) is 0 Å². The number of nitrogens with one attached hydrogen (secondary N) is 1. The summed E-state index contributed by atoms with van der Waals surface area (Å²) in [6.45, 7) is 5.93. The normalized spacial score (nSPS) is 31.2. The van der Waals surface area contributed by atoms with E-state index in [2.05, 4.69) is 29.3 Å². The summed E-state index contributed by atoms with van der Waals surface area (Å²) in [6.07, 6.45) is 5.69. The standard InChI is InChI=1S/C11H19N4O/c1-3-9-6-15(8(2)7-16-9)11-5-4-10(12)13-14-11/h4-5,8-9,13H,3,6-7,12H2,1-2H3. The molecule has 2 aliphatic rings. The molecule has 1 saturated heterocycles. The molecule has 0 aromatic carbocycles. The van der Waals surface area contributed by atoms with Crippen LogP contribution >= 0.6 is 0 Å². The number of nitrogens with two attached hydrogens (primary N) is 1. The monoisotopic (exact) mass is 223 g/mol. The summed E-state index contributed by atoms with van der Waals surface area (Å²) in [5.74, 6) is 0.934. The van der Waals surface area contributed by atoms with Gasteiger partial charge in [-0.1, -0.05) is 6.92 Å². The summed E-state index contributed by atoms with van der Waals surface area (Å²) in [4.78, 5) is 2.26. The number of hydrogen-bond donors (Lipinski definition) is 2. The van der Waals surface area contributed by atoms with Gasteiger partial charge in [0, 0.05) is 6.54 Å². The van der Waals surface area contributed by atoms with Crippen LogP contribution in [0, 0.1) is 6.17 Å². The summed E-state index contributed by atoms with van der Waals surface area (Å²) in [6, 6.07) is 0.354. The fourth-order valence-corrected chi connectivity index (χ4v) is 1.90. The van der Waals surface area contributed by atoms with Crippen LogP contribution in [0.1, 0.15) is 20.3 Å².